The summed E-state index contributed by atoms with van der Waals surface area (Å²) < 4.78 is 40.5. The van der Waals surface area contributed by atoms with Gasteiger partial charge in [0.15, 0.2) is 0 Å². The van der Waals surface area contributed by atoms with E-state index in [4.69, 9.17) is 4.98 Å². The predicted molar refractivity (Wildman–Crippen MR) is 121 cm³/mol. The Morgan fingerprint density at radius 3 is 2.72 bits per heavy atom. The summed E-state index contributed by atoms with van der Waals surface area (Å²) >= 11 is 1.66. The van der Waals surface area contributed by atoms with Crippen LogP contribution in [0, 0.1) is 12.8 Å². The molecule has 2 aromatic heterocycles. The number of hydrogen-bond acceptors (Lipinski definition) is 3. The molecule has 3 nitrogen and oxygen atoms in total. The molecule has 1 atom stereocenters. The number of nitrogens with zero attached hydrogens (tertiary/aromatic N) is 1. The zero-order chi connectivity index (χ0) is 23.0. The summed E-state index contributed by atoms with van der Waals surface area (Å²) in [6.07, 6.45) is 1.42. The standard InChI is InChI=1S/C25H26F3NO2S/c1-14(24(30)31)7-5-11-18-15(2)29-23-22(19-10-3-4-12-20(19)32-23)21(18)16-8-6-9-17(13-16)25(26,27)28/h6,8-9,13-14H,3-5,7,10-12H2,1-2H3,(H,30,31). The van der Waals surface area contributed by atoms with E-state index in [1.165, 1.54) is 22.6 Å². The summed E-state index contributed by atoms with van der Waals surface area (Å²) in [4.78, 5) is 18.2. The first-order valence-electron chi connectivity index (χ1n) is 11.0. The first kappa shape index (κ1) is 22.8. The van der Waals surface area contributed by atoms with Crippen LogP contribution in [0.15, 0.2) is 24.3 Å². The van der Waals surface area contributed by atoms with Crippen LogP contribution < -0.4 is 0 Å². The van der Waals surface area contributed by atoms with Gasteiger partial charge in [0.1, 0.15) is 4.83 Å². The first-order chi connectivity index (χ1) is 15.2. The minimum atomic E-state index is -4.41. The molecule has 1 aliphatic rings. The van der Waals surface area contributed by atoms with Gasteiger partial charge in [-0.3, -0.25) is 4.79 Å². The third-order valence-electron chi connectivity index (χ3n) is 6.37. The van der Waals surface area contributed by atoms with Gasteiger partial charge in [-0.05, 0) is 86.3 Å². The number of carbonyl (C=O) groups is 1. The second kappa shape index (κ2) is 8.85. The molecule has 170 valence electrons. The van der Waals surface area contributed by atoms with Crippen molar-refractivity contribution in [2.75, 3.05) is 0 Å². The lowest BCUT2D eigenvalue weighted by Crippen LogP contribution is -2.10. The van der Waals surface area contributed by atoms with E-state index >= 15 is 0 Å². The number of hydrogen-bond donors (Lipinski definition) is 1. The quantitative estimate of drug-likeness (QED) is 0.422. The van der Waals surface area contributed by atoms with E-state index in [1.54, 1.807) is 24.3 Å². The summed E-state index contributed by atoms with van der Waals surface area (Å²) in [7, 11) is 0. The molecule has 0 saturated carbocycles. The normalized spacial score (nSPS) is 15.0. The number of halogens is 3. The van der Waals surface area contributed by atoms with Crippen LogP contribution in [0.4, 0.5) is 13.2 Å². The number of aliphatic carboxylic acids is 1. The average molecular weight is 462 g/mol. The maximum absolute atomic E-state index is 13.5. The number of rotatable bonds is 6. The van der Waals surface area contributed by atoms with E-state index in [1.807, 2.05) is 6.92 Å². The number of carboxylic acid groups (broad SMARTS) is 1. The molecule has 4 rings (SSSR count). The van der Waals surface area contributed by atoms with Gasteiger partial charge in [0.25, 0.3) is 0 Å². The fraction of sp³-hybridized carbons (Fsp3) is 0.440. The number of fused-ring (bicyclic) bond motifs is 3. The van der Waals surface area contributed by atoms with E-state index < -0.39 is 23.6 Å². The van der Waals surface area contributed by atoms with E-state index in [0.29, 0.717) is 24.8 Å². The van der Waals surface area contributed by atoms with Gasteiger partial charge in [-0.2, -0.15) is 13.2 Å². The molecule has 32 heavy (non-hydrogen) atoms. The van der Waals surface area contributed by atoms with E-state index in [9.17, 15) is 23.1 Å². The highest BCUT2D eigenvalue weighted by molar-refractivity contribution is 7.19. The zero-order valence-corrected chi connectivity index (χ0v) is 19.0. The number of alkyl halides is 3. The highest BCUT2D eigenvalue weighted by atomic mass is 32.1. The third kappa shape index (κ3) is 4.40. The predicted octanol–water partition coefficient (Wildman–Crippen LogP) is 7.21. The van der Waals surface area contributed by atoms with Gasteiger partial charge in [-0.1, -0.05) is 19.1 Å². The summed E-state index contributed by atoms with van der Waals surface area (Å²) in [5.41, 5.74) is 3.72. The Labute approximate surface area is 189 Å². The number of aryl methyl sites for hydroxylation is 3. The molecule has 0 fully saturated rings. The van der Waals surface area contributed by atoms with Gasteiger partial charge < -0.3 is 5.11 Å². The van der Waals surface area contributed by atoms with Crippen molar-refractivity contribution in [3.8, 4) is 11.1 Å². The average Bonchev–Trinajstić information content (AvgIpc) is 3.11. The molecule has 1 aromatic carbocycles. The lowest BCUT2D eigenvalue weighted by Gasteiger charge is -2.18. The maximum atomic E-state index is 13.5. The summed E-state index contributed by atoms with van der Waals surface area (Å²) in [5, 5.41) is 10.2. The maximum Gasteiger partial charge on any atom is 0.416 e. The van der Waals surface area contributed by atoms with Crippen molar-refractivity contribution in [2.45, 2.75) is 65.0 Å². The van der Waals surface area contributed by atoms with Crippen molar-refractivity contribution in [1.29, 1.82) is 0 Å². The molecule has 1 unspecified atom stereocenters. The second-order valence-corrected chi connectivity index (χ2v) is 9.74. The lowest BCUT2D eigenvalue weighted by atomic mass is 9.87. The second-order valence-electron chi connectivity index (χ2n) is 8.65. The molecule has 2 heterocycles. The van der Waals surface area contributed by atoms with Crippen LogP contribution >= 0.6 is 11.3 Å². The molecule has 1 aliphatic carbocycles. The summed E-state index contributed by atoms with van der Waals surface area (Å²) in [6.45, 7) is 3.59. The monoisotopic (exact) mass is 461 g/mol. The van der Waals surface area contributed by atoms with Gasteiger partial charge in [0.05, 0.1) is 11.5 Å². The van der Waals surface area contributed by atoms with E-state index in [0.717, 1.165) is 58.8 Å². The molecule has 7 heteroatoms. The Morgan fingerprint density at radius 1 is 1.25 bits per heavy atom. The molecular weight excluding hydrogens is 435 g/mol. The smallest absolute Gasteiger partial charge is 0.416 e. The molecule has 0 saturated heterocycles. The van der Waals surface area contributed by atoms with Crippen LogP contribution in [0.3, 0.4) is 0 Å². The Bertz CT molecular complexity index is 1170. The van der Waals surface area contributed by atoms with Crippen LogP contribution in [0.5, 0.6) is 0 Å². The third-order valence-corrected chi connectivity index (χ3v) is 7.56. The van der Waals surface area contributed by atoms with Crippen molar-refractivity contribution in [1.82, 2.24) is 4.98 Å². The molecule has 0 aliphatic heterocycles. The van der Waals surface area contributed by atoms with E-state index in [2.05, 4.69) is 0 Å². The highest BCUT2D eigenvalue weighted by Gasteiger charge is 2.31. The number of carboxylic acids is 1. The van der Waals surface area contributed by atoms with E-state index in [-0.39, 0.29) is 0 Å². The molecule has 0 amide bonds. The van der Waals surface area contributed by atoms with Crippen molar-refractivity contribution in [3.63, 3.8) is 0 Å². The minimum absolute atomic E-state index is 0.460. The summed E-state index contributed by atoms with van der Waals surface area (Å²) in [5.74, 6) is -1.29. The Morgan fingerprint density at radius 2 is 2.00 bits per heavy atom. The lowest BCUT2D eigenvalue weighted by molar-refractivity contribution is -0.141. The molecule has 0 spiro atoms. The SMILES string of the molecule is Cc1nc2sc3c(c2c(-c2cccc(C(F)(F)F)c2)c1CCCC(C)C(=O)O)CCCC3. The number of benzene rings is 1. The Kier molecular flexibility index (Phi) is 6.30. The van der Waals surface area contributed by atoms with Crippen LogP contribution in [0.25, 0.3) is 21.3 Å². The van der Waals surface area contributed by atoms with Crippen molar-refractivity contribution in [2.24, 2.45) is 5.92 Å². The topological polar surface area (TPSA) is 50.2 Å². The summed E-state index contributed by atoms with van der Waals surface area (Å²) in [6, 6.07) is 5.56. The first-order valence-corrected chi connectivity index (χ1v) is 11.8. The van der Waals surface area contributed by atoms with Gasteiger partial charge in [-0.25, -0.2) is 4.98 Å². The Hall–Kier alpha value is -2.41. The van der Waals surface area contributed by atoms with Crippen molar-refractivity contribution < 1.29 is 23.1 Å². The van der Waals surface area contributed by atoms with Crippen molar-refractivity contribution >= 4 is 27.5 Å². The van der Waals surface area contributed by atoms with Crippen LogP contribution in [0.1, 0.15) is 59.9 Å². The minimum Gasteiger partial charge on any atom is -0.481 e. The molecule has 0 radical (unpaired) electrons. The van der Waals surface area contributed by atoms with Crippen LogP contribution in [-0.4, -0.2) is 16.1 Å². The molecule has 3 aromatic rings. The number of aromatic nitrogens is 1. The van der Waals surface area contributed by atoms with Crippen molar-refractivity contribution in [3.05, 3.63) is 51.5 Å². The largest absolute Gasteiger partial charge is 0.481 e. The Balaban J connectivity index is 1.89. The van der Waals surface area contributed by atoms with Gasteiger partial charge in [0, 0.05) is 16.0 Å². The van der Waals surface area contributed by atoms with Crippen LogP contribution in [-0.2, 0) is 30.2 Å². The van der Waals surface area contributed by atoms with Gasteiger partial charge in [0.2, 0.25) is 0 Å². The van der Waals surface area contributed by atoms with Crippen LogP contribution in [0.2, 0.25) is 0 Å². The molecular formula is C25H26F3NO2S. The molecule has 1 N–H and O–H groups in total. The molecule has 0 bridgehead atoms. The number of thiophene rings is 1. The number of pyridine rings is 1. The fourth-order valence-corrected chi connectivity index (χ4v) is 5.94. The fourth-order valence-electron chi connectivity index (χ4n) is 4.62. The zero-order valence-electron chi connectivity index (χ0n) is 18.2. The van der Waals surface area contributed by atoms with Gasteiger partial charge >= 0.3 is 12.1 Å². The highest BCUT2D eigenvalue weighted by Crippen LogP contribution is 2.44. The van der Waals surface area contributed by atoms with Gasteiger partial charge in [-0.15, -0.1) is 11.3 Å².